The predicted octanol–water partition coefficient (Wildman–Crippen LogP) is 2.16. The maximum atomic E-state index is 12.5. The number of para-hydroxylation sites is 1. The van der Waals surface area contributed by atoms with Crippen LogP contribution in [0.4, 0.5) is 5.69 Å². The Morgan fingerprint density at radius 1 is 1.12 bits per heavy atom. The van der Waals surface area contributed by atoms with Crippen LogP contribution in [0.3, 0.4) is 0 Å². The Morgan fingerprint density at radius 2 is 1.80 bits per heavy atom. The van der Waals surface area contributed by atoms with Crippen molar-refractivity contribution in [1.82, 2.24) is 14.8 Å². The maximum Gasteiger partial charge on any atom is 0.352 e. The van der Waals surface area contributed by atoms with E-state index in [2.05, 4.69) is 15.4 Å². The van der Waals surface area contributed by atoms with Crippen molar-refractivity contribution < 1.29 is 9.90 Å². The molecule has 0 fully saturated rings. The highest BCUT2D eigenvalue weighted by Crippen LogP contribution is 2.36. The highest BCUT2D eigenvalue weighted by atomic mass is 16.4. The topological polar surface area (TPSA) is 97.1 Å². The number of aliphatic carboxylic acids is 1. The van der Waals surface area contributed by atoms with Gasteiger partial charge in [-0.15, -0.1) is 0 Å². The third-order valence-electron chi connectivity index (χ3n) is 4.24. The summed E-state index contributed by atoms with van der Waals surface area (Å²) < 4.78 is 1.27. The molecule has 0 radical (unpaired) electrons. The highest BCUT2D eigenvalue weighted by molar-refractivity contribution is 5.87. The summed E-state index contributed by atoms with van der Waals surface area (Å²) >= 11 is 0. The molecule has 25 heavy (non-hydrogen) atoms. The van der Waals surface area contributed by atoms with Gasteiger partial charge >= 0.3 is 5.97 Å². The molecule has 0 saturated heterocycles. The SMILES string of the molecule is C[C@@]1(C(=O)O)Nc2ccccc2-c2nc(=O)c(-c3ccccc3)nn21. The van der Waals surface area contributed by atoms with Gasteiger partial charge in [-0.3, -0.25) is 4.79 Å². The molecule has 0 aliphatic carbocycles. The molecule has 124 valence electrons. The first-order valence-corrected chi connectivity index (χ1v) is 7.69. The maximum absolute atomic E-state index is 12.5. The third kappa shape index (κ3) is 2.20. The summed E-state index contributed by atoms with van der Waals surface area (Å²) in [6, 6.07) is 16.0. The second-order valence-corrected chi connectivity index (χ2v) is 5.91. The van der Waals surface area contributed by atoms with Crippen molar-refractivity contribution in [3.8, 4) is 22.6 Å². The summed E-state index contributed by atoms with van der Waals surface area (Å²) in [6.07, 6.45) is 0. The van der Waals surface area contributed by atoms with Crippen molar-refractivity contribution in [3.63, 3.8) is 0 Å². The quantitative estimate of drug-likeness (QED) is 0.745. The van der Waals surface area contributed by atoms with Crippen LogP contribution in [0.1, 0.15) is 6.92 Å². The molecular weight excluding hydrogens is 320 g/mol. The Bertz CT molecular complexity index is 1050. The number of benzene rings is 2. The molecular formula is C18H14N4O3. The Labute approximate surface area is 142 Å². The van der Waals surface area contributed by atoms with E-state index in [0.29, 0.717) is 16.8 Å². The molecule has 2 N–H and O–H groups in total. The number of hydrogen-bond donors (Lipinski definition) is 2. The van der Waals surface area contributed by atoms with E-state index in [1.54, 1.807) is 48.5 Å². The molecule has 4 rings (SSSR count). The fourth-order valence-corrected chi connectivity index (χ4v) is 2.90. The third-order valence-corrected chi connectivity index (χ3v) is 4.24. The number of nitrogens with zero attached hydrogens (tertiary/aromatic N) is 3. The Hall–Kier alpha value is -3.48. The second kappa shape index (κ2) is 5.27. The van der Waals surface area contributed by atoms with Crippen molar-refractivity contribution in [2.75, 3.05) is 5.32 Å². The van der Waals surface area contributed by atoms with Crippen LogP contribution in [0.2, 0.25) is 0 Å². The lowest BCUT2D eigenvalue weighted by Crippen LogP contribution is -2.51. The average molecular weight is 334 g/mol. The zero-order valence-electron chi connectivity index (χ0n) is 13.3. The molecule has 2 heterocycles. The van der Waals surface area contributed by atoms with Crippen LogP contribution in [0, 0.1) is 0 Å². The number of carboxylic acid groups (broad SMARTS) is 1. The molecule has 7 heteroatoms. The Morgan fingerprint density at radius 3 is 2.52 bits per heavy atom. The number of anilines is 1. The molecule has 1 atom stereocenters. The first-order valence-electron chi connectivity index (χ1n) is 7.69. The fraction of sp³-hybridized carbons (Fsp3) is 0.111. The molecule has 3 aromatic rings. The van der Waals surface area contributed by atoms with Gasteiger partial charge < -0.3 is 10.4 Å². The number of aromatic nitrogens is 3. The molecule has 0 spiro atoms. The number of nitrogens with one attached hydrogen (secondary N) is 1. The van der Waals surface area contributed by atoms with Gasteiger partial charge in [0.2, 0.25) is 5.66 Å². The van der Waals surface area contributed by atoms with Gasteiger partial charge in [-0.1, -0.05) is 42.5 Å². The van der Waals surface area contributed by atoms with Crippen molar-refractivity contribution in [3.05, 3.63) is 65.0 Å². The van der Waals surface area contributed by atoms with E-state index >= 15 is 0 Å². The monoisotopic (exact) mass is 334 g/mol. The molecule has 0 unspecified atom stereocenters. The highest BCUT2D eigenvalue weighted by Gasteiger charge is 2.42. The number of fused-ring (bicyclic) bond motifs is 3. The van der Waals surface area contributed by atoms with Gasteiger partial charge in [-0.05, 0) is 19.1 Å². The number of rotatable bonds is 2. The standard InChI is InChI=1S/C18H14N4O3/c1-18(17(24)25)20-13-10-6-5-9-12(13)15-19-16(23)14(21-22(15)18)11-7-3-2-4-8-11/h2-10,20H,1H3,(H,24,25)/t18-/m1/s1. The molecule has 1 aliphatic rings. The number of carbonyl (C=O) groups is 1. The summed E-state index contributed by atoms with van der Waals surface area (Å²) in [5.41, 5.74) is -0.144. The first kappa shape index (κ1) is 15.1. The van der Waals surface area contributed by atoms with Crippen molar-refractivity contribution >= 4 is 11.7 Å². The van der Waals surface area contributed by atoms with Crippen LogP contribution < -0.4 is 10.9 Å². The minimum Gasteiger partial charge on any atom is -0.478 e. The molecule has 1 aromatic heterocycles. The number of hydrogen-bond acceptors (Lipinski definition) is 5. The van der Waals surface area contributed by atoms with E-state index in [9.17, 15) is 14.7 Å². The molecule has 0 saturated carbocycles. The van der Waals surface area contributed by atoms with Crippen LogP contribution in [0.25, 0.3) is 22.6 Å². The van der Waals surface area contributed by atoms with Gasteiger partial charge in [0.15, 0.2) is 11.5 Å². The molecule has 7 nitrogen and oxygen atoms in total. The molecule has 0 bridgehead atoms. The normalized spacial score (nSPS) is 18.0. The van der Waals surface area contributed by atoms with Crippen LogP contribution in [0.5, 0.6) is 0 Å². The van der Waals surface area contributed by atoms with Gasteiger partial charge in [-0.25, -0.2) is 9.48 Å². The summed E-state index contributed by atoms with van der Waals surface area (Å²) in [4.78, 5) is 28.6. The smallest absolute Gasteiger partial charge is 0.352 e. The number of carboxylic acids is 1. The van der Waals surface area contributed by atoms with E-state index in [1.165, 1.54) is 11.6 Å². The lowest BCUT2D eigenvalue weighted by atomic mass is 10.0. The van der Waals surface area contributed by atoms with E-state index in [-0.39, 0.29) is 11.5 Å². The van der Waals surface area contributed by atoms with Crippen LogP contribution >= 0.6 is 0 Å². The van der Waals surface area contributed by atoms with E-state index in [0.717, 1.165) is 0 Å². The lowest BCUT2D eigenvalue weighted by Gasteiger charge is -2.35. The van der Waals surface area contributed by atoms with Crippen LogP contribution in [0.15, 0.2) is 59.4 Å². The second-order valence-electron chi connectivity index (χ2n) is 5.91. The minimum absolute atomic E-state index is 0.109. The fourth-order valence-electron chi connectivity index (χ4n) is 2.90. The summed E-state index contributed by atoms with van der Waals surface area (Å²) in [6.45, 7) is 1.49. The first-order chi connectivity index (χ1) is 12.0. The largest absolute Gasteiger partial charge is 0.478 e. The molecule has 0 amide bonds. The van der Waals surface area contributed by atoms with E-state index in [1.807, 2.05) is 6.07 Å². The van der Waals surface area contributed by atoms with Crippen molar-refractivity contribution in [2.24, 2.45) is 0 Å². The lowest BCUT2D eigenvalue weighted by molar-refractivity contribution is -0.145. The zero-order chi connectivity index (χ0) is 17.6. The Kier molecular flexibility index (Phi) is 3.18. The molecule has 2 aromatic carbocycles. The van der Waals surface area contributed by atoms with Gasteiger partial charge in [0.05, 0.1) is 0 Å². The minimum atomic E-state index is -1.56. The summed E-state index contributed by atoms with van der Waals surface area (Å²) in [7, 11) is 0. The zero-order valence-corrected chi connectivity index (χ0v) is 13.3. The van der Waals surface area contributed by atoms with Gasteiger partial charge in [0.25, 0.3) is 5.56 Å². The predicted molar refractivity (Wildman–Crippen MR) is 92.1 cm³/mol. The van der Waals surface area contributed by atoms with Gasteiger partial charge in [0, 0.05) is 16.8 Å². The van der Waals surface area contributed by atoms with E-state index < -0.39 is 17.2 Å². The molecule has 1 aliphatic heterocycles. The summed E-state index contributed by atoms with van der Waals surface area (Å²) in [5, 5.41) is 17.1. The van der Waals surface area contributed by atoms with Crippen LogP contribution in [-0.4, -0.2) is 25.8 Å². The van der Waals surface area contributed by atoms with Gasteiger partial charge in [0.1, 0.15) is 0 Å². The average Bonchev–Trinajstić information content (AvgIpc) is 2.62. The van der Waals surface area contributed by atoms with Crippen LogP contribution in [-0.2, 0) is 10.5 Å². The van der Waals surface area contributed by atoms with Crippen molar-refractivity contribution in [2.45, 2.75) is 12.6 Å². The van der Waals surface area contributed by atoms with E-state index in [4.69, 9.17) is 0 Å². The summed E-state index contributed by atoms with van der Waals surface area (Å²) in [5.74, 6) is -0.899. The van der Waals surface area contributed by atoms with Gasteiger partial charge in [-0.2, -0.15) is 10.1 Å². The Balaban J connectivity index is 2.05. The van der Waals surface area contributed by atoms with Crippen molar-refractivity contribution in [1.29, 1.82) is 0 Å².